The largest absolute Gasteiger partial charge is 0.467 e. The molecule has 0 spiro atoms. The molecule has 2 N–H and O–H groups in total. The molecule has 2 aromatic rings. The van der Waals surface area contributed by atoms with Crippen LogP contribution in [0.2, 0.25) is 0 Å². The van der Waals surface area contributed by atoms with E-state index in [1.54, 1.807) is 43.3 Å². The van der Waals surface area contributed by atoms with E-state index >= 15 is 0 Å². The molecule has 140 valence electrons. The second kappa shape index (κ2) is 8.17. The van der Waals surface area contributed by atoms with Crippen LogP contribution in [0, 0.1) is 0 Å². The molecule has 1 unspecified atom stereocenters. The lowest BCUT2D eigenvalue weighted by atomic mass is 10.2. The van der Waals surface area contributed by atoms with Crippen molar-refractivity contribution in [3.05, 3.63) is 54.5 Å². The van der Waals surface area contributed by atoms with Crippen LogP contribution in [0.4, 0.5) is 5.69 Å². The average Bonchev–Trinajstić information content (AvgIpc) is 3.20. The van der Waals surface area contributed by atoms with Crippen LogP contribution in [0.15, 0.2) is 58.1 Å². The summed E-state index contributed by atoms with van der Waals surface area (Å²) in [6, 6.07) is 11.4. The van der Waals surface area contributed by atoms with E-state index in [-0.39, 0.29) is 18.3 Å². The topological polar surface area (TPSA) is 113 Å². The van der Waals surface area contributed by atoms with Gasteiger partial charge in [0.2, 0.25) is 5.84 Å². The molecule has 0 saturated heterocycles. The van der Waals surface area contributed by atoms with Crippen molar-refractivity contribution in [1.29, 1.82) is 0 Å². The third kappa shape index (κ3) is 4.51. The summed E-state index contributed by atoms with van der Waals surface area (Å²) >= 11 is 0. The number of ether oxygens (including phenoxy) is 1. The average molecular weight is 370 g/mol. The smallest absolute Gasteiger partial charge is 0.375 e. The van der Waals surface area contributed by atoms with Gasteiger partial charge in [0.1, 0.15) is 11.8 Å². The lowest BCUT2D eigenvalue weighted by Gasteiger charge is -2.30. The number of nitrogens with one attached hydrogen (secondary N) is 2. The predicted molar refractivity (Wildman–Crippen MR) is 95.5 cm³/mol. The number of hydrogen-bond acceptors (Lipinski definition) is 7. The first-order chi connectivity index (χ1) is 13.0. The Morgan fingerprint density at radius 3 is 2.74 bits per heavy atom. The number of para-hydroxylation sites is 1. The van der Waals surface area contributed by atoms with Gasteiger partial charge in [-0.3, -0.25) is 15.0 Å². The van der Waals surface area contributed by atoms with Crippen LogP contribution in [0.1, 0.15) is 12.7 Å². The van der Waals surface area contributed by atoms with E-state index in [1.807, 2.05) is 6.07 Å². The van der Waals surface area contributed by atoms with Crippen molar-refractivity contribution >= 4 is 29.3 Å². The fourth-order valence-electron chi connectivity index (χ4n) is 2.34. The fraction of sp³-hybridized carbons (Fsp3) is 0.222. The molecule has 2 amide bonds. The van der Waals surface area contributed by atoms with Gasteiger partial charge < -0.3 is 14.5 Å². The molecule has 9 heteroatoms. The standard InChI is InChI=1S/C18H18N4O5/c1-12-17(24)22(13-6-3-2-4-7-13)21-16(20-12)18(25)27-11-15(23)19-10-14-8-5-9-26-14/h2-9,12H,10-11H2,1H3,(H,19,23)(H,20,21). The van der Waals surface area contributed by atoms with Crippen molar-refractivity contribution in [2.45, 2.75) is 19.5 Å². The SMILES string of the molecule is CC1N=C(C(=O)OCC(=O)NCc2ccco2)NN(c2ccccc2)C1=O. The zero-order valence-corrected chi connectivity index (χ0v) is 14.5. The summed E-state index contributed by atoms with van der Waals surface area (Å²) in [5.41, 5.74) is 3.20. The second-order valence-electron chi connectivity index (χ2n) is 5.71. The molecule has 1 atom stereocenters. The quantitative estimate of drug-likeness (QED) is 0.727. The lowest BCUT2D eigenvalue weighted by Crippen LogP contribution is -2.56. The van der Waals surface area contributed by atoms with Gasteiger partial charge in [-0.1, -0.05) is 18.2 Å². The molecule has 9 nitrogen and oxygen atoms in total. The fourth-order valence-corrected chi connectivity index (χ4v) is 2.34. The summed E-state index contributed by atoms with van der Waals surface area (Å²) in [6.45, 7) is 1.28. The molecule has 0 saturated carbocycles. The number of carbonyl (C=O) groups excluding carboxylic acids is 3. The molecule has 3 rings (SSSR count). The molecule has 1 aromatic heterocycles. The number of rotatable bonds is 6. The third-order valence-electron chi connectivity index (χ3n) is 3.70. The number of hydrogen-bond donors (Lipinski definition) is 2. The van der Waals surface area contributed by atoms with Gasteiger partial charge in [0.15, 0.2) is 6.61 Å². The number of amidine groups is 1. The van der Waals surface area contributed by atoms with Crippen LogP contribution in [-0.2, 0) is 25.7 Å². The number of carbonyl (C=O) groups is 3. The second-order valence-corrected chi connectivity index (χ2v) is 5.71. The highest BCUT2D eigenvalue weighted by Crippen LogP contribution is 2.16. The lowest BCUT2D eigenvalue weighted by molar-refractivity contribution is -0.142. The summed E-state index contributed by atoms with van der Waals surface area (Å²) in [4.78, 5) is 40.3. The van der Waals surface area contributed by atoms with E-state index in [1.165, 1.54) is 11.3 Å². The van der Waals surface area contributed by atoms with Gasteiger partial charge in [0.25, 0.3) is 11.8 Å². The minimum Gasteiger partial charge on any atom is -0.467 e. The van der Waals surface area contributed by atoms with Crippen LogP contribution in [0.5, 0.6) is 0 Å². The van der Waals surface area contributed by atoms with Crippen molar-refractivity contribution in [1.82, 2.24) is 10.7 Å². The first-order valence-electron chi connectivity index (χ1n) is 8.24. The van der Waals surface area contributed by atoms with Gasteiger partial charge in [-0.05, 0) is 31.2 Å². The molecule has 0 bridgehead atoms. The first-order valence-corrected chi connectivity index (χ1v) is 8.24. The normalized spacial score (nSPS) is 16.3. The maximum Gasteiger partial charge on any atom is 0.375 e. The van der Waals surface area contributed by atoms with Crippen LogP contribution < -0.4 is 15.8 Å². The number of benzene rings is 1. The maximum absolute atomic E-state index is 12.3. The molecule has 0 aliphatic carbocycles. The zero-order valence-electron chi connectivity index (χ0n) is 14.5. The number of nitrogens with zero attached hydrogens (tertiary/aromatic N) is 2. The van der Waals surface area contributed by atoms with Crippen molar-refractivity contribution < 1.29 is 23.5 Å². The summed E-state index contributed by atoms with van der Waals surface area (Å²) in [5, 5.41) is 3.79. The van der Waals surface area contributed by atoms with Gasteiger partial charge in [-0.2, -0.15) is 0 Å². The van der Waals surface area contributed by atoms with Crippen LogP contribution in [0.3, 0.4) is 0 Å². The minimum absolute atomic E-state index is 0.148. The molecule has 1 aliphatic rings. The number of anilines is 1. The number of hydrazine groups is 1. The molecular weight excluding hydrogens is 352 g/mol. The summed E-state index contributed by atoms with van der Waals surface area (Å²) in [6.07, 6.45) is 1.50. The molecule has 27 heavy (non-hydrogen) atoms. The van der Waals surface area contributed by atoms with E-state index in [0.29, 0.717) is 11.4 Å². The number of esters is 1. The molecule has 2 heterocycles. The number of furan rings is 1. The third-order valence-corrected chi connectivity index (χ3v) is 3.70. The Bertz CT molecular complexity index is 848. The van der Waals surface area contributed by atoms with E-state index in [9.17, 15) is 14.4 Å². The minimum atomic E-state index is -0.830. The summed E-state index contributed by atoms with van der Waals surface area (Å²) in [5.74, 6) is -1.19. The van der Waals surface area contributed by atoms with Crippen molar-refractivity contribution in [3.8, 4) is 0 Å². The van der Waals surface area contributed by atoms with Crippen molar-refractivity contribution in [2.24, 2.45) is 4.99 Å². The zero-order chi connectivity index (χ0) is 19.2. The maximum atomic E-state index is 12.3. The summed E-state index contributed by atoms with van der Waals surface area (Å²) in [7, 11) is 0. The highest BCUT2D eigenvalue weighted by Gasteiger charge is 2.31. The van der Waals surface area contributed by atoms with Gasteiger partial charge in [0, 0.05) is 0 Å². The Kier molecular flexibility index (Phi) is 5.50. The number of amides is 2. The molecule has 1 aliphatic heterocycles. The van der Waals surface area contributed by atoms with E-state index < -0.39 is 24.5 Å². The highest BCUT2D eigenvalue weighted by atomic mass is 16.5. The van der Waals surface area contributed by atoms with Gasteiger partial charge >= 0.3 is 5.97 Å². The van der Waals surface area contributed by atoms with E-state index in [2.05, 4.69) is 15.7 Å². The first kappa shape index (κ1) is 18.2. The van der Waals surface area contributed by atoms with Crippen LogP contribution >= 0.6 is 0 Å². The Labute approximate surface area is 155 Å². The predicted octanol–water partition coefficient (Wildman–Crippen LogP) is 0.777. The van der Waals surface area contributed by atoms with Crippen LogP contribution in [0.25, 0.3) is 0 Å². The van der Waals surface area contributed by atoms with Gasteiger partial charge in [-0.15, -0.1) is 0 Å². The Balaban J connectivity index is 1.56. The summed E-state index contributed by atoms with van der Waals surface area (Å²) < 4.78 is 10.1. The van der Waals surface area contributed by atoms with E-state index in [4.69, 9.17) is 9.15 Å². The van der Waals surface area contributed by atoms with Gasteiger partial charge in [-0.25, -0.2) is 14.8 Å². The monoisotopic (exact) mass is 370 g/mol. The Morgan fingerprint density at radius 2 is 2.04 bits per heavy atom. The molecule has 1 aromatic carbocycles. The van der Waals surface area contributed by atoms with Crippen molar-refractivity contribution in [3.63, 3.8) is 0 Å². The molecule has 0 radical (unpaired) electrons. The number of aliphatic imine (C=N–C) groups is 1. The Hall–Kier alpha value is -3.62. The van der Waals surface area contributed by atoms with Gasteiger partial charge in [0.05, 0.1) is 18.5 Å². The molecular formula is C18H18N4O5. The van der Waals surface area contributed by atoms with Crippen molar-refractivity contribution in [2.75, 3.05) is 11.6 Å². The molecule has 0 fully saturated rings. The van der Waals surface area contributed by atoms with E-state index in [0.717, 1.165) is 0 Å². The highest BCUT2D eigenvalue weighted by molar-refractivity contribution is 6.37. The van der Waals surface area contributed by atoms with Crippen LogP contribution in [-0.4, -0.2) is 36.3 Å². The Morgan fingerprint density at radius 1 is 1.26 bits per heavy atom.